The smallest absolute Gasteiger partial charge is 0.308 e. The number of carbonyl (C=O) groups excluding carboxylic acids is 1. The molecule has 17 heavy (non-hydrogen) atoms. The van der Waals surface area contributed by atoms with Crippen molar-refractivity contribution in [2.45, 2.75) is 53.1 Å². The number of hydrogen-bond donors (Lipinski definition) is 0. The number of carbonyl (C=O) groups is 1. The lowest BCUT2D eigenvalue weighted by Gasteiger charge is -2.32. The fourth-order valence-corrected chi connectivity index (χ4v) is 1.99. The SMILES string of the molecule is CC(C)CCN1CCC(OC(=O)C(C)C)CC1. The quantitative estimate of drug-likeness (QED) is 0.693. The molecular weight excluding hydrogens is 214 g/mol. The number of rotatable bonds is 5. The van der Waals surface area contributed by atoms with Crippen LogP contribution in [0.5, 0.6) is 0 Å². The fourth-order valence-electron chi connectivity index (χ4n) is 1.99. The van der Waals surface area contributed by atoms with Gasteiger partial charge in [0.1, 0.15) is 6.10 Å². The molecule has 0 aliphatic carbocycles. The summed E-state index contributed by atoms with van der Waals surface area (Å²) in [7, 11) is 0. The molecule has 0 atom stereocenters. The van der Waals surface area contributed by atoms with Crippen LogP contribution < -0.4 is 0 Å². The van der Waals surface area contributed by atoms with Gasteiger partial charge in [-0.25, -0.2) is 0 Å². The van der Waals surface area contributed by atoms with E-state index in [9.17, 15) is 4.79 Å². The van der Waals surface area contributed by atoms with Gasteiger partial charge in [0, 0.05) is 13.1 Å². The highest BCUT2D eigenvalue weighted by Gasteiger charge is 2.22. The van der Waals surface area contributed by atoms with Gasteiger partial charge in [-0.3, -0.25) is 4.79 Å². The van der Waals surface area contributed by atoms with E-state index in [1.54, 1.807) is 0 Å². The molecule has 0 spiro atoms. The lowest BCUT2D eigenvalue weighted by Crippen LogP contribution is -2.39. The third-order valence-electron chi connectivity index (χ3n) is 3.31. The predicted molar refractivity (Wildman–Crippen MR) is 69.8 cm³/mol. The first-order valence-corrected chi connectivity index (χ1v) is 6.92. The molecule has 0 N–H and O–H groups in total. The Hall–Kier alpha value is -0.570. The maximum absolute atomic E-state index is 11.5. The molecular formula is C14H27NO2. The molecule has 0 aromatic heterocycles. The average Bonchev–Trinajstić information content (AvgIpc) is 2.28. The van der Waals surface area contributed by atoms with Crippen molar-refractivity contribution in [1.82, 2.24) is 4.90 Å². The molecule has 0 saturated carbocycles. The Labute approximate surface area is 106 Å². The maximum Gasteiger partial charge on any atom is 0.308 e. The molecule has 3 nitrogen and oxygen atoms in total. The Morgan fingerprint density at radius 3 is 2.29 bits per heavy atom. The summed E-state index contributed by atoms with van der Waals surface area (Å²) in [4.78, 5) is 14.0. The van der Waals surface area contributed by atoms with E-state index in [0.29, 0.717) is 0 Å². The zero-order valence-electron chi connectivity index (χ0n) is 11.7. The highest BCUT2D eigenvalue weighted by molar-refractivity contribution is 5.71. The average molecular weight is 241 g/mol. The largest absolute Gasteiger partial charge is 0.462 e. The number of piperidine rings is 1. The Morgan fingerprint density at radius 2 is 1.82 bits per heavy atom. The van der Waals surface area contributed by atoms with Gasteiger partial charge in [-0.1, -0.05) is 27.7 Å². The Bertz CT molecular complexity index is 230. The number of hydrogen-bond acceptors (Lipinski definition) is 3. The summed E-state index contributed by atoms with van der Waals surface area (Å²) in [6.07, 6.45) is 3.41. The van der Waals surface area contributed by atoms with E-state index in [4.69, 9.17) is 4.74 Å². The van der Waals surface area contributed by atoms with Gasteiger partial charge in [0.05, 0.1) is 5.92 Å². The van der Waals surface area contributed by atoms with E-state index in [1.807, 2.05) is 13.8 Å². The summed E-state index contributed by atoms with van der Waals surface area (Å²) in [5.74, 6) is 0.714. The minimum Gasteiger partial charge on any atom is -0.462 e. The third-order valence-corrected chi connectivity index (χ3v) is 3.31. The van der Waals surface area contributed by atoms with Crippen molar-refractivity contribution in [3.05, 3.63) is 0 Å². The van der Waals surface area contributed by atoms with Gasteiger partial charge in [-0.15, -0.1) is 0 Å². The van der Waals surface area contributed by atoms with Crippen molar-refractivity contribution in [1.29, 1.82) is 0 Å². The van der Waals surface area contributed by atoms with Crippen molar-refractivity contribution >= 4 is 5.97 Å². The first kappa shape index (κ1) is 14.5. The van der Waals surface area contributed by atoms with E-state index in [-0.39, 0.29) is 18.0 Å². The molecule has 1 heterocycles. The van der Waals surface area contributed by atoms with E-state index >= 15 is 0 Å². The minimum absolute atomic E-state index is 0.00558. The van der Waals surface area contributed by atoms with Crippen LogP contribution in [0, 0.1) is 11.8 Å². The molecule has 0 unspecified atom stereocenters. The van der Waals surface area contributed by atoms with E-state index in [1.165, 1.54) is 13.0 Å². The van der Waals surface area contributed by atoms with Crippen LogP contribution in [-0.4, -0.2) is 36.6 Å². The number of ether oxygens (including phenoxy) is 1. The zero-order chi connectivity index (χ0) is 12.8. The van der Waals surface area contributed by atoms with Crippen LogP contribution in [0.2, 0.25) is 0 Å². The maximum atomic E-state index is 11.5. The summed E-state index contributed by atoms with van der Waals surface area (Å²) in [6.45, 7) is 11.6. The molecule has 100 valence electrons. The topological polar surface area (TPSA) is 29.5 Å². The molecule has 0 amide bonds. The number of nitrogens with zero attached hydrogens (tertiary/aromatic N) is 1. The van der Waals surface area contributed by atoms with Crippen molar-refractivity contribution in [3.8, 4) is 0 Å². The molecule has 0 radical (unpaired) electrons. The predicted octanol–water partition coefficient (Wildman–Crippen LogP) is 2.70. The van der Waals surface area contributed by atoms with Gasteiger partial charge >= 0.3 is 5.97 Å². The molecule has 1 saturated heterocycles. The normalized spacial score (nSPS) is 18.9. The van der Waals surface area contributed by atoms with Crippen LogP contribution >= 0.6 is 0 Å². The lowest BCUT2D eigenvalue weighted by molar-refractivity contribution is -0.155. The second-order valence-corrected chi connectivity index (χ2v) is 5.82. The monoisotopic (exact) mass is 241 g/mol. The second kappa shape index (κ2) is 7.00. The lowest BCUT2D eigenvalue weighted by atomic mass is 10.1. The van der Waals surface area contributed by atoms with E-state index < -0.39 is 0 Å². The second-order valence-electron chi connectivity index (χ2n) is 5.82. The van der Waals surface area contributed by atoms with Gasteiger partial charge in [0.25, 0.3) is 0 Å². The summed E-state index contributed by atoms with van der Waals surface area (Å²) >= 11 is 0. The minimum atomic E-state index is -0.0503. The highest BCUT2D eigenvalue weighted by atomic mass is 16.5. The van der Waals surface area contributed by atoms with Crippen molar-refractivity contribution in [2.75, 3.05) is 19.6 Å². The standard InChI is InChI=1S/C14H27NO2/c1-11(2)5-8-15-9-6-13(7-10-15)17-14(16)12(3)4/h11-13H,5-10H2,1-4H3. The first-order chi connectivity index (χ1) is 7.99. The van der Waals surface area contributed by atoms with Gasteiger partial charge in [-0.2, -0.15) is 0 Å². The summed E-state index contributed by atoms with van der Waals surface area (Å²) in [5, 5.41) is 0. The molecule has 3 heteroatoms. The molecule has 1 aliphatic rings. The van der Waals surface area contributed by atoms with Gasteiger partial charge in [0.15, 0.2) is 0 Å². The summed E-state index contributed by atoms with van der Waals surface area (Å²) < 4.78 is 5.46. The Kier molecular flexibility index (Phi) is 5.96. The molecule has 0 aromatic rings. The van der Waals surface area contributed by atoms with Crippen molar-refractivity contribution in [2.24, 2.45) is 11.8 Å². The molecule has 0 bridgehead atoms. The van der Waals surface area contributed by atoms with Gasteiger partial charge in [0.2, 0.25) is 0 Å². The van der Waals surface area contributed by atoms with Crippen LogP contribution in [0.4, 0.5) is 0 Å². The van der Waals surface area contributed by atoms with Crippen molar-refractivity contribution in [3.63, 3.8) is 0 Å². The molecule has 0 aromatic carbocycles. The molecule has 1 aliphatic heterocycles. The third kappa shape index (κ3) is 5.53. The first-order valence-electron chi connectivity index (χ1n) is 6.92. The van der Waals surface area contributed by atoms with E-state index in [2.05, 4.69) is 18.7 Å². The molecule has 1 fully saturated rings. The summed E-state index contributed by atoms with van der Waals surface area (Å²) in [6, 6.07) is 0. The Balaban J connectivity index is 2.19. The van der Waals surface area contributed by atoms with Crippen LogP contribution in [0.15, 0.2) is 0 Å². The molecule has 1 rings (SSSR count). The van der Waals surface area contributed by atoms with Crippen molar-refractivity contribution < 1.29 is 9.53 Å². The van der Waals surface area contributed by atoms with Crippen LogP contribution in [-0.2, 0) is 9.53 Å². The van der Waals surface area contributed by atoms with E-state index in [0.717, 1.165) is 31.8 Å². The highest BCUT2D eigenvalue weighted by Crippen LogP contribution is 2.16. The van der Waals surface area contributed by atoms with Gasteiger partial charge < -0.3 is 9.64 Å². The Morgan fingerprint density at radius 1 is 1.24 bits per heavy atom. The van der Waals surface area contributed by atoms with Crippen LogP contribution in [0.25, 0.3) is 0 Å². The number of esters is 1. The van der Waals surface area contributed by atoms with Crippen LogP contribution in [0.1, 0.15) is 47.0 Å². The van der Waals surface area contributed by atoms with Gasteiger partial charge in [-0.05, 0) is 31.7 Å². The zero-order valence-corrected chi connectivity index (χ0v) is 11.7. The summed E-state index contributed by atoms with van der Waals surface area (Å²) in [5.41, 5.74) is 0. The fraction of sp³-hybridized carbons (Fsp3) is 0.929. The van der Waals surface area contributed by atoms with Crippen LogP contribution in [0.3, 0.4) is 0 Å². The number of likely N-dealkylation sites (tertiary alicyclic amines) is 1.